The number of nitrogens with zero attached hydrogens (tertiary/aromatic N) is 1. The van der Waals surface area contributed by atoms with Crippen LogP contribution >= 0.6 is 0 Å². The first-order valence-corrected chi connectivity index (χ1v) is 8.54. The number of nitrogens with one attached hydrogen (secondary N) is 1. The third kappa shape index (κ3) is 6.40. The van der Waals surface area contributed by atoms with E-state index in [0.717, 1.165) is 5.56 Å². The van der Waals surface area contributed by atoms with Crippen molar-refractivity contribution in [2.45, 2.75) is 45.1 Å². The zero-order chi connectivity index (χ0) is 19.2. The van der Waals surface area contributed by atoms with E-state index in [1.165, 1.54) is 4.90 Å². The molecule has 2 atom stereocenters. The second kappa shape index (κ2) is 8.71. The number of benzene rings is 1. The van der Waals surface area contributed by atoms with Crippen LogP contribution in [-0.2, 0) is 16.1 Å². The van der Waals surface area contributed by atoms with Gasteiger partial charge in [-0.1, -0.05) is 42.5 Å². The van der Waals surface area contributed by atoms with Crippen LogP contribution in [0.5, 0.6) is 0 Å². The lowest BCUT2D eigenvalue weighted by atomic mass is 10.1. The highest BCUT2D eigenvalue weighted by Crippen LogP contribution is 2.11. The topological polar surface area (TPSA) is 88.1 Å². The van der Waals surface area contributed by atoms with Gasteiger partial charge >= 0.3 is 12.2 Å². The van der Waals surface area contributed by atoms with Gasteiger partial charge in [0, 0.05) is 13.1 Å². The largest absolute Gasteiger partial charge is 0.445 e. The quantitative estimate of drug-likeness (QED) is 0.807. The van der Waals surface area contributed by atoms with Crippen LogP contribution in [0.15, 0.2) is 42.5 Å². The number of alkyl carbamates (subject to hydrolysis) is 1. The van der Waals surface area contributed by atoms with Gasteiger partial charge in [0.1, 0.15) is 12.2 Å². The van der Waals surface area contributed by atoms with E-state index < -0.39 is 29.9 Å². The van der Waals surface area contributed by atoms with Gasteiger partial charge < -0.3 is 24.8 Å². The van der Waals surface area contributed by atoms with Gasteiger partial charge in [0.15, 0.2) is 0 Å². The Kier molecular flexibility index (Phi) is 6.63. The number of aliphatic hydroxyl groups is 1. The molecular formula is C19H26N2O5. The summed E-state index contributed by atoms with van der Waals surface area (Å²) in [6, 6.07) is 8.68. The normalized spacial score (nSPS) is 20.2. The van der Waals surface area contributed by atoms with E-state index in [4.69, 9.17) is 9.47 Å². The average Bonchev–Trinajstić information content (AvgIpc) is 2.74. The van der Waals surface area contributed by atoms with Crippen molar-refractivity contribution in [3.05, 3.63) is 48.0 Å². The summed E-state index contributed by atoms with van der Waals surface area (Å²) in [5.74, 6) is 0. The Morgan fingerprint density at radius 3 is 2.62 bits per heavy atom. The lowest BCUT2D eigenvalue weighted by Crippen LogP contribution is -2.51. The molecule has 2 rings (SSSR count). The molecule has 1 aromatic rings. The van der Waals surface area contributed by atoms with E-state index in [1.54, 1.807) is 32.9 Å². The van der Waals surface area contributed by atoms with E-state index >= 15 is 0 Å². The molecule has 0 radical (unpaired) electrons. The number of amides is 2. The SMILES string of the molecule is CC(C)(C)OC(=O)N[C@@H]1CN(C(=O)OCc2ccccc2)CC=C[C@H]1O. The number of hydrogen-bond acceptors (Lipinski definition) is 5. The monoisotopic (exact) mass is 362 g/mol. The minimum absolute atomic E-state index is 0.112. The smallest absolute Gasteiger partial charge is 0.410 e. The molecule has 0 saturated carbocycles. The van der Waals surface area contributed by atoms with Crippen LogP contribution in [0.2, 0.25) is 0 Å². The van der Waals surface area contributed by atoms with Gasteiger partial charge in [-0.15, -0.1) is 0 Å². The predicted molar refractivity (Wildman–Crippen MR) is 96.5 cm³/mol. The van der Waals surface area contributed by atoms with E-state index in [9.17, 15) is 14.7 Å². The highest BCUT2D eigenvalue weighted by molar-refractivity contribution is 5.70. The molecular weight excluding hydrogens is 336 g/mol. The Labute approximate surface area is 153 Å². The third-order valence-corrected chi connectivity index (χ3v) is 3.65. The molecule has 1 aromatic carbocycles. The van der Waals surface area contributed by atoms with Crippen LogP contribution in [0, 0.1) is 0 Å². The zero-order valence-electron chi connectivity index (χ0n) is 15.3. The van der Waals surface area contributed by atoms with Crippen LogP contribution < -0.4 is 5.32 Å². The minimum Gasteiger partial charge on any atom is -0.445 e. The van der Waals surface area contributed by atoms with E-state index in [0.29, 0.717) is 0 Å². The summed E-state index contributed by atoms with van der Waals surface area (Å²) in [5.41, 5.74) is 0.235. The summed E-state index contributed by atoms with van der Waals surface area (Å²) in [6.07, 6.45) is 1.14. The maximum Gasteiger partial charge on any atom is 0.410 e. The van der Waals surface area contributed by atoms with Crippen molar-refractivity contribution < 1.29 is 24.2 Å². The van der Waals surface area contributed by atoms with E-state index in [-0.39, 0.29) is 19.7 Å². The number of aliphatic hydroxyl groups excluding tert-OH is 1. The maximum atomic E-state index is 12.3. The van der Waals surface area contributed by atoms with Gasteiger partial charge in [-0.2, -0.15) is 0 Å². The van der Waals surface area contributed by atoms with E-state index in [1.807, 2.05) is 30.3 Å². The van der Waals surface area contributed by atoms with Crippen molar-refractivity contribution in [3.8, 4) is 0 Å². The summed E-state index contributed by atoms with van der Waals surface area (Å²) < 4.78 is 10.5. The van der Waals surface area contributed by atoms with Crippen molar-refractivity contribution in [2.75, 3.05) is 13.1 Å². The summed E-state index contributed by atoms with van der Waals surface area (Å²) in [5, 5.41) is 12.8. The summed E-state index contributed by atoms with van der Waals surface area (Å²) in [7, 11) is 0. The van der Waals surface area contributed by atoms with Gasteiger partial charge in [0.2, 0.25) is 0 Å². The molecule has 7 heteroatoms. The fraction of sp³-hybridized carbons (Fsp3) is 0.474. The maximum absolute atomic E-state index is 12.3. The first-order chi connectivity index (χ1) is 12.2. The van der Waals surface area contributed by atoms with Crippen LogP contribution in [0.25, 0.3) is 0 Å². The number of hydrogen-bond donors (Lipinski definition) is 2. The van der Waals surface area contributed by atoms with Crippen LogP contribution in [0.4, 0.5) is 9.59 Å². The molecule has 0 aromatic heterocycles. The Morgan fingerprint density at radius 2 is 1.96 bits per heavy atom. The first kappa shape index (κ1) is 19.8. The van der Waals surface area contributed by atoms with Gasteiger partial charge in [-0.05, 0) is 26.3 Å². The molecule has 0 unspecified atom stereocenters. The lowest BCUT2D eigenvalue weighted by Gasteiger charge is -2.28. The molecule has 2 N–H and O–H groups in total. The van der Waals surface area contributed by atoms with Crippen LogP contribution in [0.3, 0.4) is 0 Å². The number of ether oxygens (including phenoxy) is 2. The van der Waals surface area contributed by atoms with Crippen molar-refractivity contribution in [1.29, 1.82) is 0 Å². The molecule has 1 aliphatic rings. The van der Waals surface area contributed by atoms with Crippen molar-refractivity contribution in [2.24, 2.45) is 0 Å². The first-order valence-electron chi connectivity index (χ1n) is 8.54. The molecule has 0 aliphatic carbocycles. The fourth-order valence-corrected chi connectivity index (χ4v) is 2.43. The lowest BCUT2D eigenvalue weighted by molar-refractivity contribution is 0.0420. The third-order valence-electron chi connectivity index (χ3n) is 3.65. The van der Waals surface area contributed by atoms with E-state index in [2.05, 4.69) is 5.32 Å². The van der Waals surface area contributed by atoms with Crippen molar-refractivity contribution in [3.63, 3.8) is 0 Å². The molecule has 0 fully saturated rings. The second-order valence-corrected chi connectivity index (χ2v) is 7.12. The van der Waals surface area contributed by atoms with Gasteiger partial charge in [-0.25, -0.2) is 9.59 Å². The molecule has 0 bridgehead atoms. The summed E-state index contributed by atoms with van der Waals surface area (Å²) in [4.78, 5) is 25.7. The fourth-order valence-electron chi connectivity index (χ4n) is 2.43. The second-order valence-electron chi connectivity index (χ2n) is 7.12. The predicted octanol–water partition coefficient (Wildman–Crippen LogP) is 2.45. The van der Waals surface area contributed by atoms with Crippen molar-refractivity contribution in [1.82, 2.24) is 10.2 Å². The molecule has 7 nitrogen and oxygen atoms in total. The number of carbonyl (C=O) groups excluding carboxylic acids is 2. The average molecular weight is 362 g/mol. The molecule has 2 amide bonds. The highest BCUT2D eigenvalue weighted by atomic mass is 16.6. The molecule has 1 heterocycles. The Hall–Kier alpha value is -2.54. The number of rotatable bonds is 3. The minimum atomic E-state index is -0.922. The zero-order valence-corrected chi connectivity index (χ0v) is 15.3. The number of carbonyl (C=O) groups is 2. The Bertz CT molecular complexity index is 639. The van der Waals surface area contributed by atoms with Crippen LogP contribution in [-0.4, -0.2) is 53.0 Å². The Morgan fingerprint density at radius 1 is 1.27 bits per heavy atom. The summed E-state index contributed by atoms with van der Waals surface area (Å²) >= 11 is 0. The highest BCUT2D eigenvalue weighted by Gasteiger charge is 2.29. The molecule has 0 spiro atoms. The standard InChI is InChI=1S/C19H26N2O5/c1-19(2,3)26-17(23)20-15-12-21(11-7-10-16(15)22)18(24)25-13-14-8-5-4-6-9-14/h4-10,15-16,22H,11-13H2,1-3H3,(H,20,23)/t15-,16-/m1/s1. The van der Waals surface area contributed by atoms with Gasteiger partial charge in [0.05, 0.1) is 12.1 Å². The molecule has 0 saturated heterocycles. The van der Waals surface area contributed by atoms with Crippen LogP contribution in [0.1, 0.15) is 26.3 Å². The molecule has 26 heavy (non-hydrogen) atoms. The summed E-state index contributed by atoms with van der Waals surface area (Å²) in [6.45, 7) is 5.82. The Balaban J connectivity index is 1.93. The van der Waals surface area contributed by atoms with Gasteiger partial charge in [0.25, 0.3) is 0 Å². The molecule has 142 valence electrons. The molecule has 1 aliphatic heterocycles. The van der Waals surface area contributed by atoms with Gasteiger partial charge in [-0.3, -0.25) is 0 Å². The van der Waals surface area contributed by atoms with Crippen molar-refractivity contribution >= 4 is 12.2 Å².